The molecule has 0 amide bonds. The molecule has 0 aliphatic rings. The average molecular weight is 222 g/mol. The Hall–Kier alpha value is -0.710. The lowest BCUT2D eigenvalue weighted by atomic mass is 9.95. The highest BCUT2D eigenvalue weighted by atomic mass is 35.5. The lowest BCUT2D eigenvalue weighted by Crippen LogP contribution is -2.33. The quantitative estimate of drug-likeness (QED) is 0.748. The second-order valence-electron chi connectivity index (χ2n) is 3.20. The summed E-state index contributed by atoms with van der Waals surface area (Å²) in [4.78, 5) is 0. The Labute approximate surface area is 85.3 Å². The largest absolute Gasteiger partial charge is 0.384 e. The fraction of sp³-hybridized carbons (Fsp3) is 0.333. The smallest absolute Gasteiger partial charge is 0.150 e. The highest BCUT2D eigenvalue weighted by molar-refractivity contribution is 6.30. The number of benzene rings is 1. The molecular weight excluding hydrogens is 212 g/mol. The minimum atomic E-state index is -1.75. The van der Waals surface area contributed by atoms with Crippen LogP contribution in [0.5, 0.6) is 0 Å². The molecule has 0 spiro atoms. The maximum atomic E-state index is 13.4. The Morgan fingerprint density at radius 1 is 1.50 bits per heavy atom. The first-order chi connectivity index (χ1) is 6.40. The van der Waals surface area contributed by atoms with Crippen LogP contribution in [0.15, 0.2) is 12.1 Å². The van der Waals surface area contributed by atoms with Gasteiger partial charge in [-0.3, -0.25) is 0 Å². The SMILES string of the molecule is CC(O)(CN)c1c(F)ccc(Cl)c1F. The van der Waals surface area contributed by atoms with Crippen LogP contribution in [-0.2, 0) is 5.60 Å². The van der Waals surface area contributed by atoms with E-state index in [0.717, 1.165) is 12.1 Å². The molecule has 1 aromatic rings. The van der Waals surface area contributed by atoms with Gasteiger partial charge in [-0.1, -0.05) is 11.6 Å². The normalized spacial score (nSPS) is 15.3. The molecule has 0 bridgehead atoms. The summed E-state index contributed by atoms with van der Waals surface area (Å²) in [6.07, 6.45) is 0. The van der Waals surface area contributed by atoms with Crippen molar-refractivity contribution in [3.8, 4) is 0 Å². The van der Waals surface area contributed by atoms with E-state index in [4.69, 9.17) is 17.3 Å². The van der Waals surface area contributed by atoms with E-state index in [9.17, 15) is 13.9 Å². The van der Waals surface area contributed by atoms with Crippen molar-refractivity contribution in [3.63, 3.8) is 0 Å². The molecule has 1 aromatic carbocycles. The monoisotopic (exact) mass is 221 g/mol. The molecule has 0 aliphatic heterocycles. The van der Waals surface area contributed by atoms with Crippen LogP contribution in [0, 0.1) is 11.6 Å². The Morgan fingerprint density at radius 3 is 2.57 bits per heavy atom. The van der Waals surface area contributed by atoms with Gasteiger partial charge in [0.25, 0.3) is 0 Å². The van der Waals surface area contributed by atoms with Crippen molar-refractivity contribution in [2.24, 2.45) is 5.73 Å². The van der Waals surface area contributed by atoms with Crippen molar-refractivity contribution in [2.75, 3.05) is 6.54 Å². The molecule has 0 saturated carbocycles. The molecule has 0 aliphatic carbocycles. The van der Waals surface area contributed by atoms with Crippen LogP contribution in [0.1, 0.15) is 12.5 Å². The van der Waals surface area contributed by atoms with E-state index in [0.29, 0.717) is 0 Å². The minimum Gasteiger partial charge on any atom is -0.384 e. The summed E-state index contributed by atoms with van der Waals surface area (Å²) in [5, 5.41) is 9.38. The van der Waals surface area contributed by atoms with Crippen molar-refractivity contribution >= 4 is 11.6 Å². The van der Waals surface area contributed by atoms with E-state index < -0.39 is 22.8 Å². The molecule has 14 heavy (non-hydrogen) atoms. The van der Waals surface area contributed by atoms with E-state index in [1.54, 1.807) is 0 Å². The van der Waals surface area contributed by atoms with Crippen molar-refractivity contribution in [3.05, 3.63) is 34.4 Å². The second kappa shape index (κ2) is 3.81. The highest BCUT2D eigenvalue weighted by Crippen LogP contribution is 2.29. The number of halogens is 3. The summed E-state index contributed by atoms with van der Waals surface area (Å²) in [5.74, 6) is -1.83. The van der Waals surface area contributed by atoms with Crippen LogP contribution in [0.2, 0.25) is 5.02 Å². The summed E-state index contributed by atoms with van der Waals surface area (Å²) in [7, 11) is 0. The number of rotatable bonds is 2. The molecular formula is C9H10ClF2NO. The summed E-state index contributed by atoms with van der Waals surface area (Å²) in [6, 6.07) is 2.08. The van der Waals surface area contributed by atoms with E-state index in [2.05, 4.69) is 0 Å². The Kier molecular flexibility index (Phi) is 3.09. The summed E-state index contributed by atoms with van der Waals surface area (Å²) >= 11 is 5.46. The van der Waals surface area contributed by atoms with Gasteiger partial charge < -0.3 is 10.8 Å². The van der Waals surface area contributed by atoms with Gasteiger partial charge >= 0.3 is 0 Å². The van der Waals surface area contributed by atoms with E-state index in [1.165, 1.54) is 6.92 Å². The standard InChI is InChI=1S/C9H10ClF2NO/c1-9(14,4-13)7-6(11)3-2-5(10)8(7)12/h2-3,14H,4,13H2,1H3. The third-order valence-electron chi connectivity index (χ3n) is 1.98. The molecule has 0 saturated heterocycles. The van der Waals surface area contributed by atoms with Gasteiger partial charge in [-0.05, 0) is 19.1 Å². The molecule has 0 heterocycles. The third kappa shape index (κ3) is 1.87. The Morgan fingerprint density at radius 2 is 2.07 bits per heavy atom. The number of aliphatic hydroxyl groups is 1. The number of hydrogen-bond acceptors (Lipinski definition) is 2. The topological polar surface area (TPSA) is 46.2 Å². The molecule has 3 N–H and O–H groups in total. The zero-order valence-electron chi connectivity index (χ0n) is 7.52. The fourth-order valence-corrected chi connectivity index (χ4v) is 1.28. The Balaban J connectivity index is 3.40. The average Bonchev–Trinajstić information content (AvgIpc) is 2.12. The zero-order chi connectivity index (χ0) is 10.9. The van der Waals surface area contributed by atoms with Crippen molar-refractivity contribution in [2.45, 2.75) is 12.5 Å². The van der Waals surface area contributed by atoms with Crippen molar-refractivity contribution in [1.29, 1.82) is 0 Å². The maximum absolute atomic E-state index is 13.4. The van der Waals surface area contributed by atoms with Gasteiger partial charge in [0.2, 0.25) is 0 Å². The Bertz CT molecular complexity index is 355. The molecule has 78 valence electrons. The van der Waals surface area contributed by atoms with Gasteiger partial charge in [-0.2, -0.15) is 0 Å². The number of nitrogens with two attached hydrogens (primary N) is 1. The molecule has 1 atom stereocenters. The molecule has 0 fully saturated rings. The fourth-order valence-electron chi connectivity index (χ4n) is 1.12. The van der Waals surface area contributed by atoms with E-state index in [-0.39, 0.29) is 11.6 Å². The molecule has 2 nitrogen and oxygen atoms in total. The first kappa shape index (κ1) is 11.4. The summed E-state index contributed by atoms with van der Waals surface area (Å²) in [6.45, 7) is 0.937. The van der Waals surface area contributed by atoms with Crippen LogP contribution in [0.4, 0.5) is 8.78 Å². The lowest BCUT2D eigenvalue weighted by molar-refractivity contribution is 0.0588. The van der Waals surface area contributed by atoms with Crippen LogP contribution in [0.3, 0.4) is 0 Å². The first-order valence-electron chi connectivity index (χ1n) is 3.96. The van der Waals surface area contributed by atoms with Gasteiger partial charge in [0.05, 0.1) is 10.6 Å². The number of hydrogen-bond donors (Lipinski definition) is 2. The molecule has 1 unspecified atom stereocenters. The first-order valence-corrected chi connectivity index (χ1v) is 4.34. The van der Waals surface area contributed by atoms with Crippen molar-refractivity contribution in [1.82, 2.24) is 0 Å². The highest BCUT2D eigenvalue weighted by Gasteiger charge is 2.29. The summed E-state index contributed by atoms with van der Waals surface area (Å²) < 4.78 is 26.6. The predicted octanol–water partition coefficient (Wildman–Crippen LogP) is 1.78. The van der Waals surface area contributed by atoms with Gasteiger partial charge in [-0.25, -0.2) is 8.78 Å². The maximum Gasteiger partial charge on any atom is 0.150 e. The molecule has 1 rings (SSSR count). The van der Waals surface area contributed by atoms with E-state index >= 15 is 0 Å². The van der Waals surface area contributed by atoms with Crippen LogP contribution in [-0.4, -0.2) is 11.7 Å². The van der Waals surface area contributed by atoms with Crippen LogP contribution >= 0.6 is 11.6 Å². The molecule has 5 heteroatoms. The van der Waals surface area contributed by atoms with Gasteiger partial charge in [0.15, 0.2) is 5.82 Å². The van der Waals surface area contributed by atoms with E-state index in [1.807, 2.05) is 0 Å². The van der Waals surface area contributed by atoms with Crippen LogP contribution in [0.25, 0.3) is 0 Å². The predicted molar refractivity (Wildman–Crippen MR) is 50.0 cm³/mol. The van der Waals surface area contributed by atoms with Gasteiger partial charge in [0.1, 0.15) is 11.4 Å². The molecule has 0 aromatic heterocycles. The van der Waals surface area contributed by atoms with Gasteiger partial charge in [-0.15, -0.1) is 0 Å². The molecule has 0 radical (unpaired) electrons. The third-order valence-corrected chi connectivity index (χ3v) is 2.27. The van der Waals surface area contributed by atoms with Crippen LogP contribution < -0.4 is 5.73 Å². The lowest BCUT2D eigenvalue weighted by Gasteiger charge is -2.22. The van der Waals surface area contributed by atoms with Crippen molar-refractivity contribution < 1.29 is 13.9 Å². The minimum absolute atomic E-state index is 0.241. The zero-order valence-corrected chi connectivity index (χ0v) is 8.28. The second-order valence-corrected chi connectivity index (χ2v) is 3.60. The van der Waals surface area contributed by atoms with Gasteiger partial charge in [0, 0.05) is 6.54 Å². The summed E-state index contributed by atoms with van der Waals surface area (Å²) in [5.41, 5.74) is 2.96.